The Balaban J connectivity index is 1.71. The second kappa shape index (κ2) is 11.8. The molecular weight excluding hydrogens is 342 g/mol. The number of hydrogen-bond donors (Lipinski definition) is 2. The Morgan fingerprint density at radius 3 is 2.15 bits per heavy atom. The minimum atomic E-state index is 0.554. The Hall–Kier alpha value is -2.73. The van der Waals surface area contributed by atoms with Gasteiger partial charge in [0, 0.05) is 27.2 Å². The van der Waals surface area contributed by atoms with E-state index in [4.69, 9.17) is 14.2 Å². The fourth-order valence-electron chi connectivity index (χ4n) is 2.47. The van der Waals surface area contributed by atoms with Crippen molar-refractivity contribution in [3.63, 3.8) is 0 Å². The number of guanidine groups is 1. The molecule has 6 nitrogen and oxygen atoms in total. The summed E-state index contributed by atoms with van der Waals surface area (Å²) in [5, 5.41) is 6.65. The zero-order chi connectivity index (χ0) is 19.3. The summed E-state index contributed by atoms with van der Waals surface area (Å²) in [7, 11) is 5.11. The highest BCUT2D eigenvalue weighted by atomic mass is 16.5. The summed E-state index contributed by atoms with van der Waals surface area (Å²) in [5.41, 5.74) is 2.41. The van der Waals surface area contributed by atoms with Gasteiger partial charge in [0.05, 0.1) is 13.7 Å². The van der Waals surface area contributed by atoms with Gasteiger partial charge in [-0.05, 0) is 41.8 Å². The number of benzene rings is 2. The monoisotopic (exact) mass is 371 g/mol. The second-order valence-corrected chi connectivity index (χ2v) is 5.94. The van der Waals surface area contributed by atoms with Gasteiger partial charge in [-0.15, -0.1) is 0 Å². The van der Waals surface area contributed by atoms with Crippen LogP contribution in [0.3, 0.4) is 0 Å². The molecule has 2 aromatic rings. The highest BCUT2D eigenvalue weighted by Crippen LogP contribution is 2.12. The lowest BCUT2D eigenvalue weighted by molar-refractivity contribution is 0.146. The van der Waals surface area contributed by atoms with Crippen LogP contribution >= 0.6 is 0 Å². The molecule has 0 amide bonds. The van der Waals surface area contributed by atoms with Crippen LogP contribution in [0.4, 0.5) is 0 Å². The molecule has 0 aliphatic carbocycles. The van der Waals surface area contributed by atoms with Crippen LogP contribution < -0.4 is 20.1 Å². The fourth-order valence-corrected chi connectivity index (χ4v) is 2.47. The quantitative estimate of drug-likeness (QED) is 0.382. The lowest BCUT2D eigenvalue weighted by Crippen LogP contribution is -2.37. The van der Waals surface area contributed by atoms with Gasteiger partial charge in [-0.3, -0.25) is 4.99 Å². The van der Waals surface area contributed by atoms with Gasteiger partial charge >= 0.3 is 0 Å². The largest absolute Gasteiger partial charge is 0.497 e. The second-order valence-electron chi connectivity index (χ2n) is 5.94. The maximum atomic E-state index is 5.57. The van der Waals surface area contributed by atoms with Gasteiger partial charge in [0.2, 0.25) is 0 Å². The SMILES string of the molecule is CN=C(NCCc1ccc(OC)cc1)NCc1ccc(OCCOC)cc1. The molecule has 0 fully saturated rings. The van der Waals surface area contributed by atoms with Crippen LogP contribution in [0.1, 0.15) is 11.1 Å². The van der Waals surface area contributed by atoms with E-state index in [1.165, 1.54) is 5.56 Å². The molecule has 146 valence electrons. The molecule has 6 heteroatoms. The fraction of sp³-hybridized carbons (Fsp3) is 0.381. The molecule has 0 spiro atoms. The van der Waals surface area contributed by atoms with Gasteiger partial charge in [-0.25, -0.2) is 0 Å². The molecule has 0 unspecified atom stereocenters. The molecule has 2 N–H and O–H groups in total. The van der Waals surface area contributed by atoms with Gasteiger partial charge in [0.15, 0.2) is 5.96 Å². The first-order valence-electron chi connectivity index (χ1n) is 9.03. The predicted octanol–water partition coefficient (Wildman–Crippen LogP) is 2.63. The van der Waals surface area contributed by atoms with E-state index in [0.29, 0.717) is 19.8 Å². The third-order valence-corrected chi connectivity index (χ3v) is 4.03. The van der Waals surface area contributed by atoms with Crippen molar-refractivity contribution in [3.8, 4) is 11.5 Å². The van der Waals surface area contributed by atoms with Crippen LogP contribution in [-0.4, -0.2) is 47.0 Å². The van der Waals surface area contributed by atoms with Gasteiger partial charge in [-0.2, -0.15) is 0 Å². The zero-order valence-electron chi connectivity index (χ0n) is 16.3. The summed E-state index contributed by atoms with van der Waals surface area (Å²) in [5.74, 6) is 2.50. The van der Waals surface area contributed by atoms with Crippen molar-refractivity contribution in [3.05, 3.63) is 59.7 Å². The standard InChI is InChI=1S/C21H29N3O3/c1-22-21(23-13-12-17-4-8-19(26-3)9-5-17)24-16-18-6-10-20(11-7-18)27-15-14-25-2/h4-11H,12-16H2,1-3H3,(H2,22,23,24). The number of nitrogens with zero attached hydrogens (tertiary/aromatic N) is 1. The Labute approximate surface area is 161 Å². The summed E-state index contributed by atoms with van der Waals surface area (Å²) < 4.78 is 15.7. The van der Waals surface area contributed by atoms with Crippen molar-refractivity contribution in [2.45, 2.75) is 13.0 Å². The first-order chi connectivity index (χ1) is 13.2. The van der Waals surface area contributed by atoms with E-state index in [0.717, 1.165) is 36.0 Å². The molecule has 0 aliphatic heterocycles. The van der Waals surface area contributed by atoms with Crippen molar-refractivity contribution in [2.24, 2.45) is 4.99 Å². The molecule has 27 heavy (non-hydrogen) atoms. The van der Waals surface area contributed by atoms with Crippen molar-refractivity contribution in [1.29, 1.82) is 0 Å². The minimum absolute atomic E-state index is 0.554. The topological polar surface area (TPSA) is 64.1 Å². The van der Waals surface area contributed by atoms with Crippen molar-refractivity contribution in [2.75, 3.05) is 41.0 Å². The summed E-state index contributed by atoms with van der Waals surface area (Å²) in [6.45, 7) is 2.64. The normalized spacial score (nSPS) is 11.1. The highest BCUT2D eigenvalue weighted by Gasteiger charge is 2.00. The molecule has 0 atom stereocenters. The van der Waals surface area contributed by atoms with Crippen LogP contribution in [-0.2, 0) is 17.7 Å². The number of nitrogens with one attached hydrogen (secondary N) is 2. The van der Waals surface area contributed by atoms with Crippen LogP contribution in [0, 0.1) is 0 Å². The molecule has 2 aromatic carbocycles. The lowest BCUT2D eigenvalue weighted by atomic mass is 10.1. The molecule has 0 aromatic heterocycles. The summed E-state index contributed by atoms with van der Waals surface area (Å²) in [4.78, 5) is 4.26. The Morgan fingerprint density at radius 1 is 0.852 bits per heavy atom. The smallest absolute Gasteiger partial charge is 0.191 e. The molecule has 0 saturated heterocycles. The molecule has 0 radical (unpaired) electrons. The molecule has 0 bridgehead atoms. The van der Waals surface area contributed by atoms with E-state index in [-0.39, 0.29) is 0 Å². The van der Waals surface area contributed by atoms with Crippen LogP contribution in [0.5, 0.6) is 11.5 Å². The summed E-state index contributed by atoms with van der Waals surface area (Å²) in [6.07, 6.45) is 0.915. The van der Waals surface area contributed by atoms with E-state index < -0.39 is 0 Å². The summed E-state index contributed by atoms with van der Waals surface area (Å²) in [6, 6.07) is 16.1. The van der Waals surface area contributed by atoms with Crippen molar-refractivity contribution < 1.29 is 14.2 Å². The third kappa shape index (κ3) is 7.58. The number of ether oxygens (including phenoxy) is 3. The Bertz CT molecular complexity index is 685. The highest BCUT2D eigenvalue weighted by molar-refractivity contribution is 5.79. The molecule has 0 saturated carbocycles. The van der Waals surface area contributed by atoms with E-state index in [1.54, 1.807) is 21.3 Å². The zero-order valence-corrected chi connectivity index (χ0v) is 16.3. The Morgan fingerprint density at radius 2 is 1.52 bits per heavy atom. The molecule has 2 rings (SSSR count). The van der Waals surface area contributed by atoms with Gasteiger partial charge in [0.1, 0.15) is 18.1 Å². The molecular formula is C21H29N3O3. The lowest BCUT2D eigenvalue weighted by Gasteiger charge is -2.12. The van der Waals surface area contributed by atoms with Gasteiger partial charge in [-0.1, -0.05) is 24.3 Å². The van der Waals surface area contributed by atoms with Crippen molar-refractivity contribution in [1.82, 2.24) is 10.6 Å². The van der Waals surface area contributed by atoms with Gasteiger partial charge in [0.25, 0.3) is 0 Å². The molecule has 0 aliphatic rings. The minimum Gasteiger partial charge on any atom is -0.497 e. The number of aliphatic imine (C=N–C) groups is 1. The predicted molar refractivity (Wildman–Crippen MR) is 109 cm³/mol. The van der Waals surface area contributed by atoms with E-state index in [2.05, 4.69) is 27.8 Å². The van der Waals surface area contributed by atoms with E-state index in [9.17, 15) is 0 Å². The van der Waals surface area contributed by atoms with Crippen LogP contribution in [0.25, 0.3) is 0 Å². The first kappa shape index (κ1) is 20.6. The van der Waals surface area contributed by atoms with Crippen LogP contribution in [0.2, 0.25) is 0 Å². The van der Waals surface area contributed by atoms with E-state index in [1.807, 2.05) is 36.4 Å². The van der Waals surface area contributed by atoms with E-state index >= 15 is 0 Å². The molecule has 0 heterocycles. The number of hydrogen-bond acceptors (Lipinski definition) is 4. The van der Waals surface area contributed by atoms with Gasteiger partial charge < -0.3 is 24.8 Å². The number of methoxy groups -OCH3 is 2. The van der Waals surface area contributed by atoms with Crippen molar-refractivity contribution >= 4 is 5.96 Å². The summed E-state index contributed by atoms with van der Waals surface area (Å²) >= 11 is 0. The average Bonchev–Trinajstić information content (AvgIpc) is 2.72. The third-order valence-electron chi connectivity index (χ3n) is 4.03. The first-order valence-corrected chi connectivity index (χ1v) is 9.03. The van der Waals surface area contributed by atoms with Crippen LogP contribution in [0.15, 0.2) is 53.5 Å². The maximum absolute atomic E-state index is 5.57. The number of rotatable bonds is 10. The average molecular weight is 371 g/mol. The Kier molecular flexibility index (Phi) is 9.00. The maximum Gasteiger partial charge on any atom is 0.191 e.